The van der Waals surface area contributed by atoms with Gasteiger partial charge in [0.2, 0.25) is 0 Å². The van der Waals surface area contributed by atoms with Crippen LogP contribution in [-0.4, -0.2) is 23.3 Å². The normalized spacial score (nSPS) is 20.8. The largest absolute Gasteiger partial charge is 0.478 e. The number of unbranched alkanes of at least 4 members (excludes halogenated alkanes) is 1. The molecule has 1 aromatic carbocycles. The summed E-state index contributed by atoms with van der Waals surface area (Å²) in [5.74, 6) is -0.915. The second-order valence-electron chi connectivity index (χ2n) is 6.45. The third-order valence-corrected chi connectivity index (χ3v) is 3.49. The molecule has 0 spiro atoms. The lowest BCUT2D eigenvalue weighted by atomic mass is 9.85. The van der Waals surface area contributed by atoms with Gasteiger partial charge in [0.05, 0.1) is 11.2 Å². The topological polar surface area (TPSA) is 55.8 Å². The molecular formula is C17H24O4. The molecule has 2 bridgehead atoms. The molecule has 0 fully saturated rings. The van der Waals surface area contributed by atoms with Crippen LogP contribution in [0.25, 0.3) is 0 Å². The van der Waals surface area contributed by atoms with Crippen LogP contribution in [0.3, 0.4) is 0 Å². The van der Waals surface area contributed by atoms with Gasteiger partial charge in [-0.25, -0.2) is 4.79 Å². The number of ether oxygens (including phenoxy) is 2. The fraction of sp³-hybridized carbons (Fsp3) is 0.588. The maximum atomic E-state index is 11.4. The Morgan fingerprint density at radius 1 is 1.29 bits per heavy atom. The summed E-state index contributed by atoms with van der Waals surface area (Å²) in [6.45, 7) is 8.68. The Labute approximate surface area is 126 Å². The molecule has 2 aliphatic rings. The van der Waals surface area contributed by atoms with Crippen LogP contribution in [-0.2, 0) is 9.47 Å². The average molecular weight is 292 g/mol. The van der Waals surface area contributed by atoms with E-state index in [4.69, 9.17) is 9.47 Å². The zero-order chi connectivity index (χ0) is 15.6. The maximum absolute atomic E-state index is 11.4. The minimum Gasteiger partial charge on any atom is -0.478 e. The van der Waals surface area contributed by atoms with Crippen LogP contribution in [0.5, 0.6) is 0 Å². The van der Waals surface area contributed by atoms with Crippen molar-refractivity contribution in [2.75, 3.05) is 6.61 Å². The molecule has 0 amide bonds. The summed E-state index contributed by atoms with van der Waals surface area (Å²) in [4.78, 5) is 11.4. The SMILES string of the molecule is CCCCOC1c2ccc(c(C(=O)O)c2)C1OC(C)(C)C. The van der Waals surface area contributed by atoms with Crippen molar-refractivity contribution in [3.05, 3.63) is 34.9 Å². The van der Waals surface area contributed by atoms with E-state index in [1.807, 2.05) is 32.9 Å². The number of aromatic carboxylic acids is 1. The highest BCUT2D eigenvalue weighted by atomic mass is 16.6. The molecule has 2 unspecified atom stereocenters. The van der Waals surface area contributed by atoms with E-state index in [0.717, 1.165) is 18.4 Å². The van der Waals surface area contributed by atoms with E-state index in [1.54, 1.807) is 6.07 Å². The lowest BCUT2D eigenvalue weighted by Gasteiger charge is -2.37. The summed E-state index contributed by atoms with van der Waals surface area (Å²) >= 11 is 0. The van der Waals surface area contributed by atoms with Crippen LogP contribution < -0.4 is 0 Å². The second-order valence-corrected chi connectivity index (χ2v) is 6.45. The van der Waals surface area contributed by atoms with E-state index >= 15 is 0 Å². The Hall–Kier alpha value is -1.39. The highest BCUT2D eigenvalue weighted by Gasteiger charge is 2.37. The molecule has 0 saturated carbocycles. The number of carbonyl (C=O) groups is 1. The Kier molecular flexibility index (Phi) is 4.69. The molecule has 2 atom stereocenters. The van der Waals surface area contributed by atoms with Gasteiger partial charge in [0, 0.05) is 6.61 Å². The Morgan fingerprint density at radius 3 is 2.57 bits per heavy atom. The number of hydrogen-bond acceptors (Lipinski definition) is 3. The minimum atomic E-state index is -0.915. The predicted octanol–water partition coefficient (Wildman–Crippen LogP) is 4.11. The first-order valence-corrected chi connectivity index (χ1v) is 7.50. The molecule has 2 aliphatic carbocycles. The van der Waals surface area contributed by atoms with Crippen LogP contribution >= 0.6 is 0 Å². The van der Waals surface area contributed by atoms with E-state index in [2.05, 4.69) is 6.92 Å². The van der Waals surface area contributed by atoms with Crippen molar-refractivity contribution < 1.29 is 19.4 Å². The third kappa shape index (κ3) is 3.63. The van der Waals surface area contributed by atoms with Crippen molar-refractivity contribution >= 4 is 5.97 Å². The molecule has 3 rings (SSSR count). The second kappa shape index (κ2) is 6.16. The van der Waals surface area contributed by atoms with Crippen molar-refractivity contribution in [2.24, 2.45) is 0 Å². The third-order valence-electron chi connectivity index (χ3n) is 3.49. The van der Waals surface area contributed by atoms with Crippen molar-refractivity contribution in [1.29, 1.82) is 0 Å². The standard InChI is InChI=1S/C17H24O4/c1-5-6-9-20-14-11-7-8-12(13(10-11)16(18)19)15(14)21-17(2,3)4/h7-8,10,14-15H,5-6,9H2,1-4H3,(H,18,19). The molecule has 4 heteroatoms. The first kappa shape index (κ1) is 16.0. The van der Waals surface area contributed by atoms with Crippen molar-refractivity contribution in [1.82, 2.24) is 0 Å². The lowest BCUT2D eigenvalue weighted by Crippen LogP contribution is -2.31. The van der Waals surface area contributed by atoms with Crippen LogP contribution in [0.4, 0.5) is 0 Å². The number of carboxylic acid groups (broad SMARTS) is 1. The fourth-order valence-electron chi connectivity index (χ4n) is 2.57. The van der Waals surface area contributed by atoms with E-state index in [-0.39, 0.29) is 17.8 Å². The van der Waals surface area contributed by atoms with E-state index in [1.165, 1.54) is 0 Å². The first-order chi connectivity index (χ1) is 9.83. The monoisotopic (exact) mass is 292 g/mol. The summed E-state index contributed by atoms with van der Waals surface area (Å²) in [6.07, 6.45) is 1.49. The highest BCUT2D eigenvalue weighted by Crippen LogP contribution is 2.44. The van der Waals surface area contributed by atoms with Gasteiger partial charge >= 0.3 is 5.97 Å². The summed E-state index contributed by atoms with van der Waals surface area (Å²) in [6, 6.07) is 5.48. The minimum absolute atomic E-state index is 0.209. The molecule has 0 heterocycles. The number of rotatable bonds is 6. The zero-order valence-electron chi connectivity index (χ0n) is 13.2. The zero-order valence-corrected chi connectivity index (χ0v) is 13.2. The summed E-state index contributed by atoms with van der Waals surface area (Å²) in [5.41, 5.74) is 1.54. The number of fused-ring (bicyclic) bond motifs is 3. The maximum Gasteiger partial charge on any atom is 0.336 e. The summed E-state index contributed by atoms with van der Waals surface area (Å²) in [7, 11) is 0. The van der Waals surface area contributed by atoms with Crippen LogP contribution in [0.2, 0.25) is 0 Å². The summed E-state index contributed by atoms with van der Waals surface area (Å²) in [5, 5.41) is 9.34. The smallest absolute Gasteiger partial charge is 0.336 e. The van der Waals surface area contributed by atoms with Gasteiger partial charge in [-0.05, 0) is 44.4 Å². The fourth-order valence-corrected chi connectivity index (χ4v) is 2.57. The van der Waals surface area contributed by atoms with Crippen molar-refractivity contribution in [2.45, 2.75) is 58.3 Å². The quantitative estimate of drug-likeness (QED) is 0.802. The predicted molar refractivity (Wildman–Crippen MR) is 80.6 cm³/mol. The van der Waals surface area contributed by atoms with E-state index < -0.39 is 5.97 Å². The molecule has 0 saturated heterocycles. The van der Waals surface area contributed by atoms with Gasteiger partial charge < -0.3 is 14.6 Å². The Bertz CT molecular complexity index is 516. The first-order valence-electron chi connectivity index (χ1n) is 7.50. The van der Waals surface area contributed by atoms with Gasteiger partial charge in [0.1, 0.15) is 12.2 Å². The van der Waals surface area contributed by atoms with Crippen LogP contribution in [0.15, 0.2) is 18.2 Å². The molecular weight excluding hydrogens is 268 g/mol. The van der Waals surface area contributed by atoms with E-state index in [0.29, 0.717) is 17.7 Å². The average Bonchev–Trinajstić information content (AvgIpc) is 2.39. The van der Waals surface area contributed by atoms with Gasteiger partial charge in [-0.3, -0.25) is 0 Å². The van der Waals surface area contributed by atoms with Crippen molar-refractivity contribution in [3.63, 3.8) is 0 Å². The van der Waals surface area contributed by atoms with Crippen LogP contribution in [0, 0.1) is 0 Å². The van der Waals surface area contributed by atoms with Gasteiger partial charge in [0.15, 0.2) is 0 Å². The van der Waals surface area contributed by atoms with Crippen molar-refractivity contribution in [3.8, 4) is 0 Å². The molecule has 0 radical (unpaired) electrons. The number of carboxylic acids is 1. The highest BCUT2D eigenvalue weighted by molar-refractivity contribution is 5.90. The Balaban J connectivity index is 2.30. The lowest BCUT2D eigenvalue weighted by molar-refractivity contribution is -0.137. The summed E-state index contributed by atoms with van der Waals surface area (Å²) < 4.78 is 12.1. The number of benzene rings is 1. The molecule has 0 aromatic heterocycles. The molecule has 1 N–H and O–H groups in total. The Morgan fingerprint density at radius 2 is 2.00 bits per heavy atom. The molecule has 1 aromatic rings. The van der Waals surface area contributed by atoms with E-state index in [9.17, 15) is 9.90 Å². The van der Waals surface area contributed by atoms with Gasteiger partial charge in [-0.2, -0.15) is 0 Å². The van der Waals surface area contributed by atoms with Gasteiger partial charge in [-0.15, -0.1) is 0 Å². The van der Waals surface area contributed by atoms with Gasteiger partial charge in [0.25, 0.3) is 0 Å². The van der Waals surface area contributed by atoms with Crippen LogP contribution in [0.1, 0.15) is 74.2 Å². The number of hydrogen-bond donors (Lipinski definition) is 1. The molecule has 0 aliphatic heterocycles. The van der Waals surface area contributed by atoms with Gasteiger partial charge in [-0.1, -0.05) is 25.5 Å². The molecule has 116 valence electrons. The molecule has 21 heavy (non-hydrogen) atoms. The molecule has 4 nitrogen and oxygen atoms in total.